The molecular weight excluding hydrogens is 266 g/mol. The number of nitrogens with one attached hydrogen (secondary N) is 1. The summed E-state index contributed by atoms with van der Waals surface area (Å²) in [6.45, 7) is 2.70. The van der Waals surface area contributed by atoms with Crippen LogP contribution < -0.4 is 5.32 Å². The highest BCUT2D eigenvalue weighted by atomic mass is 16.5. The molecule has 0 saturated carbocycles. The Morgan fingerprint density at radius 1 is 1.43 bits per heavy atom. The van der Waals surface area contributed by atoms with Crippen molar-refractivity contribution in [1.29, 1.82) is 0 Å². The van der Waals surface area contributed by atoms with Crippen molar-refractivity contribution in [2.24, 2.45) is 5.92 Å². The lowest BCUT2D eigenvalue weighted by atomic mass is 9.83. The van der Waals surface area contributed by atoms with Crippen LogP contribution in [0.5, 0.6) is 0 Å². The molecule has 0 aromatic heterocycles. The predicted octanol–water partition coefficient (Wildman–Crippen LogP) is 1.45. The molecule has 4 heteroatoms. The fourth-order valence-corrected chi connectivity index (χ4v) is 3.31. The average Bonchev–Trinajstić information content (AvgIpc) is 2.84. The Morgan fingerprint density at radius 2 is 2.19 bits per heavy atom. The summed E-state index contributed by atoms with van der Waals surface area (Å²) in [5, 5.41) is 13.4. The molecule has 1 heterocycles. The van der Waals surface area contributed by atoms with E-state index in [1.807, 2.05) is 13.0 Å². The second-order valence-electron chi connectivity index (χ2n) is 6.29. The first-order valence-corrected chi connectivity index (χ1v) is 7.77. The highest BCUT2D eigenvalue weighted by Gasteiger charge is 2.40. The van der Waals surface area contributed by atoms with Crippen molar-refractivity contribution in [3.05, 3.63) is 35.4 Å². The maximum atomic E-state index is 12.4. The average molecular weight is 289 g/mol. The maximum absolute atomic E-state index is 12.4. The van der Waals surface area contributed by atoms with Gasteiger partial charge in [-0.1, -0.05) is 24.3 Å². The summed E-state index contributed by atoms with van der Waals surface area (Å²) in [7, 11) is 0. The van der Waals surface area contributed by atoms with Crippen LogP contribution in [-0.4, -0.2) is 35.9 Å². The summed E-state index contributed by atoms with van der Waals surface area (Å²) in [6.07, 6.45) is 3.00. The minimum absolute atomic E-state index is 0.0149. The van der Waals surface area contributed by atoms with E-state index in [2.05, 4.69) is 23.5 Å². The third-order valence-corrected chi connectivity index (χ3v) is 4.95. The van der Waals surface area contributed by atoms with Gasteiger partial charge in [0.25, 0.3) is 0 Å². The predicted molar refractivity (Wildman–Crippen MR) is 79.9 cm³/mol. The second-order valence-corrected chi connectivity index (χ2v) is 6.29. The van der Waals surface area contributed by atoms with Crippen LogP contribution in [0.1, 0.15) is 30.9 Å². The number of fused-ring (bicyclic) bond motifs is 1. The van der Waals surface area contributed by atoms with E-state index >= 15 is 0 Å². The summed E-state index contributed by atoms with van der Waals surface area (Å²) in [6, 6.07) is 8.33. The van der Waals surface area contributed by atoms with E-state index in [1.165, 1.54) is 11.1 Å². The molecule has 1 aliphatic carbocycles. The summed E-state index contributed by atoms with van der Waals surface area (Å²) < 4.78 is 5.39. The largest absolute Gasteiger partial charge is 0.385 e. The molecule has 3 atom stereocenters. The van der Waals surface area contributed by atoms with Crippen molar-refractivity contribution in [2.45, 2.75) is 44.3 Å². The van der Waals surface area contributed by atoms with Crippen LogP contribution in [0.3, 0.4) is 0 Å². The molecule has 21 heavy (non-hydrogen) atoms. The summed E-state index contributed by atoms with van der Waals surface area (Å²) >= 11 is 0. The Bertz CT molecular complexity index is 531. The van der Waals surface area contributed by atoms with E-state index in [-0.39, 0.29) is 24.5 Å². The molecule has 2 N–H and O–H groups in total. The van der Waals surface area contributed by atoms with E-state index in [9.17, 15) is 9.90 Å². The molecule has 2 aliphatic rings. The number of aryl methyl sites for hydroxylation is 1. The Balaban J connectivity index is 1.57. The first-order chi connectivity index (χ1) is 10.1. The molecule has 1 aromatic rings. The number of hydrogen-bond acceptors (Lipinski definition) is 3. The van der Waals surface area contributed by atoms with Gasteiger partial charge in [0.2, 0.25) is 5.91 Å². The molecule has 0 radical (unpaired) electrons. The second kappa shape index (κ2) is 5.78. The molecule has 3 rings (SSSR count). The van der Waals surface area contributed by atoms with Crippen molar-refractivity contribution in [1.82, 2.24) is 5.32 Å². The van der Waals surface area contributed by atoms with Crippen molar-refractivity contribution >= 4 is 5.91 Å². The number of carbonyl (C=O) groups is 1. The number of rotatable bonds is 3. The Morgan fingerprint density at radius 3 is 2.90 bits per heavy atom. The molecule has 4 nitrogen and oxygen atoms in total. The van der Waals surface area contributed by atoms with Crippen molar-refractivity contribution in [2.75, 3.05) is 13.2 Å². The van der Waals surface area contributed by atoms with Crippen LogP contribution in [0.2, 0.25) is 0 Å². The van der Waals surface area contributed by atoms with Gasteiger partial charge in [0.1, 0.15) is 5.60 Å². The zero-order valence-corrected chi connectivity index (χ0v) is 12.5. The quantitative estimate of drug-likeness (QED) is 0.885. The standard InChI is InChI=1S/C17H23NO3/c1-12-17(20,8-9-21-12)11-18-16(19)15-7-6-13-4-2-3-5-14(13)10-15/h2-5,12,15,20H,6-11H2,1H3,(H,18,19). The Hall–Kier alpha value is -1.39. The molecule has 114 valence electrons. The van der Waals surface area contributed by atoms with Gasteiger partial charge < -0.3 is 15.2 Å². The number of ether oxygens (including phenoxy) is 1. The van der Waals surface area contributed by atoms with Crippen LogP contribution in [0, 0.1) is 5.92 Å². The normalized spacial score (nSPS) is 31.7. The van der Waals surface area contributed by atoms with Gasteiger partial charge in [0.15, 0.2) is 0 Å². The van der Waals surface area contributed by atoms with Crippen molar-refractivity contribution in [3.8, 4) is 0 Å². The summed E-state index contributed by atoms with van der Waals surface area (Å²) in [4.78, 5) is 12.4. The zero-order chi connectivity index (χ0) is 14.9. The number of benzene rings is 1. The van der Waals surface area contributed by atoms with Crippen molar-refractivity contribution < 1.29 is 14.6 Å². The summed E-state index contributed by atoms with van der Waals surface area (Å²) in [5.74, 6) is 0.0677. The molecule has 1 amide bonds. The molecule has 1 aromatic carbocycles. The SMILES string of the molecule is CC1OCCC1(O)CNC(=O)C1CCc2ccccc2C1. The monoisotopic (exact) mass is 289 g/mol. The minimum Gasteiger partial charge on any atom is -0.385 e. The van der Waals surface area contributed by atoms with Gasteiger partial charge in [-0.05, 0) is 37.3 Å². The molecule has 1 fully saturated rings. The van der Waals surface area contributed by atoms with E-state index < -0.39 is 5.60 Å². The van der Waals surface area contributed by atoms with E-state index in [0.29, 0.717) is 13.0 Å². The first-order valence-electron chi connectivity index (χ1n) is 7.77. The van der Waals surface area contributed by atoms with Gasteiger partial charge in [-0.2, -0.15) is 0 Å². The van der Waals surface area contributed by atoms with Crippen LogP contribution >= 0.6 is 0 Å². The van der Waals surface area contributed by atoms with Gasteiger partial charge >= 0.3 is 0 Å². The molecule has 1 saturated heterocycles. The van der Waals surface area contributed by atoms with Gasteiger partial charge in [0.05, 0.1) is 6.10 Å². The highest BCUT2D eigenvalue weighted by molar-refractivity contribution is 5.79. The number of aliphatic hydroxyl groups is 1. The van der Waals surface area contributed by atoms with Gasteiger partial charge in [-0.3, -0.25) is 4.79 Å². The fraction of sp³-hybridized carbons (Fsp3) is 0.588. The zero-order valence-electron chi connectivity index (χ0n) is 12.5. The number of carbonyl (C=O) groups excluding carboxylic acids is 1. The molecule has 0 bridgehead atoms. The van der Waals surface area contributed by atoms with Gasteiger partial charge in [-0.15, -0.1) is 0 Å². The smallest absolute Gasteiger partial charge is 0.223 e. The lowest BCUT2D eigenvalue weighted by Crippen LogP contribution is -2.49. The topological polar surface area (TPSA) is 58.6 Å². The molecular formula is C17H23NO3. The molecule has 0 spiro atoms. The first kappa shape index (κ1) is 14.5. The highest BCUT2D eigenvalue weighted by Crippen LogP contribution is 2.27. The third-order valence-electron chi connectivity index (χ3n) is 4.95. The Kier molecular flexibility index (Phi) is 4.00. The fourth-order valence-electron chi connectivity index (χ4n) is 3.31. The lowest BCUT2D eigenvalue weighted by Gasteiger charge is -2.28. The van der Waals surface area contributed by atoms with E-state index in [4.69, 9.17) is 4.74 Å². The van der Waals surface area contributed by atoms with Crippen LogP contribution in [-0.2, 0) is 22.4 Å². The minimum atomic E-state index is -0.914. The van der Waals surface area contributed by atoms with Crippen LogP contribution in [0.15, 0.2) is 24.3 Å². The van der Waals surface area contributed by atoms with E-state index in [1.54, 1.807) is 0 Å². The van der Waals surface area contributed by atoms with Crippen molar-refractivity contribution in [3.63, 3.8) is 0 Å². The number of hydrogen-bond donors (Lipinski definition) is 2. The molecule has 1 aliphatic heterocycles. The van der Waals surface area contributed by atoms with Crippen LogP contribution in [0.25, 0.3) is 0 Å². The Labute approximate surface area is 125 Å². The molecule has 3 unspecified atom stereocenters. The lowest BCUT2D eigenvalue weighted by molar-refractivity contribution is -0.127. The summed E-state index contributed by atoms with van der Waals surface area (Å²) in [5.41, 5.74) is 1.72. The van der Waals surface area contributed by atoms with E-state index in [0.717, 1.165) is 19.3 Å². The third kappa shape index (κ3) is 2.97. The maximum Gasteiger partial charge on any atom is 0.223 e. The van der Waals surface area contributed by atoms with Gasteiger partial charge in [0, 0.05) is 25.5 Å². The van der Waals surface area contributed by atoms with Crippen LogP contribution in [0.4, 0.5) is 0 Å². The number of amides is 1. The van der Waals surface area contributed by atoms with Gasteiger partial charge in [-0.25, -0.2) is 0 Å².